The maximum Gasteiger partial charge on any atom is 0.317 e. The van der Waals surface area contributed by atoms with E-state index in [0.717, 1.165) is 31.6 Å². The highest BCUT2D eigenvalue weighted by molar-refractivity contribution is 5.93. The van der Waals surface area contributed by atoms with Crippen molar-refractivity contribution >= 4 is 11.9 Å². The Hall–Kier alpha value is -2.11. The van der Waals surface area contributed by atoms with Gasteiger partial charge in [-0.05, 0) is 25.0 Å². The molecule has 6 nitrogen and oxygen atoms in total. The van der Waals surface area contributed by atoms with Gasteiger partial charge in [0, 0.05) is 45.1 Å². The molecule has 1 fully saturated rings. The smallest absolute Gasteiger partial charge is 0.317 e. The van der Waals surface area contributed by atoms with Crippen LogP contribution in [0.3, 0.4) is 0 Å². The average molecular weight is 290 g/mol. The van der Waals surface area contributed by atoms with Gasteiger partial charge in [-0.1, -0.05) is 6.92 Å². The van der Waals surface area contributed by atoms with Crippen molar-refractivity contribution in [2.75, 3.05) is 33.2 Å². The van der Waals surface area contributed by atoms with Gasteiger partial charge in [-0.3, -0.25) is 9.78 Å². The van der Waals surface area contributed by atoms with E-state index in [-0.39, 0.29) is 11.9 Å². The number of pyridine rings is 1. The summed E-state index contributed by atoms with van der Waals surface area (Å²) in [5.41, 5.74) is 1.55. The molecule has 114 valence electrons. The lowest BCUT2D eigenvalue weighted by molar-refractivity contribution is 0.0779. The lowest BCUT2D eigenvalue weighted by Crippen LogP contribution is -2.49. The zero-order chi connectivity index (χ0) is 15.2. The minimum absolute atomic E-state index is 0.0453. The summed E-state index contributed by atoms with van der Waals surface area (Å²) in [4.78, 5) is 31.5. The number of urea groups is 1. The third-order valence-corrected chi connectivity index (χ3v) is 3.65. The zero-order valence-electron chi connectivity index (χ0n) is 12.6. The van der Waals surface area contributed by atoms with Crippen LogP contribution in [0, 0.1) is 0 Å². The van der Waals surface area contributed by atoms with Crippen LogP contribution in [0.1, 0.15) is 29.4 Å². The van der Waals surface area contributed by atoms with Crippen molar-refractivity contribution in [3.8, 4) is 0 Å². The van der Waals surface area contributed by atoms with Crippen LogP contribution in [-0.2, 0) is 6.42 Å². The maximum atomic E-state index is 12.3. The average Bonchev–Trinajstić information content (AvgIpc) is 2.53. The monoisotopic (exact) mass is 290 g/mol. The van der Waals surface area contributed by atoms with Crippen molar-refractivity contribution in [3.63, 3.8) is 0 Å². The van der Waals surface area contributed by atoms with Gasteiger partial charge in [0.2, 0.25) is 0 Å². The molecule has 0 bridgehead atoms. The molecular formula is C15H22N4O2. The van der Waals surface area contributed by atoms with E-state index in [1.54, 1.807) is 29.1 Å². The SMILES string of the molecule is CCc1ccc(C(=O)N(C)CCN2CCCNC2=O)cn1. The predicted octanol–water partition coefficient (Wildman–Crippen LogP) is 1.13. The third-order valence-electron chi connectivity index (χ3n) is 3.65. The number of rotatable bonds is 5. The number of nitrogens with zero attached hydrogens (tertiary/aromatic N) is 3. The van der Waals surface area contributed by atoms with Gasteiger partial charge in [0.25, 0.3) is 5.91 Å². The third kappa shape index (κ3) is 3.93. The normalized spacial score (nSPS) is 14.8. The summed E-state index contributed by atoms with van der Waals surface area (Å²) in [6, 6.07) is 3.63. The van der Waals surface area contributed by atoms with Crippen LogP contribution in [0.5, 0.6) is 0 Å². The van der Waals surface area contributed by atoms with E-state index in [4.69, 9.17) is 0 Å². The van der Waals surface area contributed by atoms with Gasteiger partial charge in [0.15, 0.2) is 0 Å². The summed E-state index contributed by atoms with van der Waals surface area (Å²) in [5, 5.41) is 2.80. The first-order valence-corrected chi connectivity index (χ1v) is 7.35. The second-order valence-electron chi connectivity index (χ2n) is 5.19. The summed E-state index contributed by atoms with van der Waals surface area (Å²) in [7, 11) is 1.75. The quantitative estimate of drug-likeness (QED) is 0.884. The summed E-state index contributed by atoms with van der Waals surface area (Å²) in [5.74, 6) is -0.0671. The molecule has 21 heavy (non-hydrogen) atoms. The number of aromatic nitrogens is 1. The number of amides is 3. The van der Waals surface area contributed by atoms with Crippen LogP contribution in [0.2, 0.25) is 0 Å². The molecule has 3 amide bonds. The topological polar surface area (TPSA) is 65.5 Å². The second kappa shape index (κ2) is 7.06. The molecule has 1 aromatic heterocycles. The molecule has 2 heterocycles. The lowest BCUT2D eigenvalue weighted by atomic mass is 10.2. The first-order valence-electron chi connectivity index (χ1n) is 7.35. The minimum Gasteiger partial charge on any atom is -0.340 e. The Morgan fingerprint density at radius 3 is 2.90 bits per heavy atom. The molecule has 0 atom stereocenters. The van der Waals surface area contributed by atoms with E-state index in [0.29, 0.717) is 18.7 Å². The summed E-state index contributed by atoms with van der Waals surface area (Å²) >= 11 is 0. The van der Waals surface area contributed by atoms with Gasteiger partial charge >= 0.3 is 6.03 Å². The van der Waals surface area contributed by atoms with Crippen molar-refractivity contribution in [1.82, 2.24) is 20.1 Å². The fourth-order valence-electron chi connectivity index (χ4n) is 2.24. The van der Waals surface area contributed by atoms with Gasteiger partial charge in [0.05, 0.1) is 5.56 Å². The Balaban J connectivity index is 1.88. The van der Waals surface area contributed by atoms with E-state index in [9.17, 15) is 9.59 Å². The molecule has 6 heteroatoms. The van der Waals surface area contributed by atoms with Crippen LogP contribution in [0.4, 0.5) is 4.79 Å². The number of hydrogen-bond acceptors (Lipinski definition) is 3. The molecular weight excluding hydrogens is 268 g/mol. The summed E-state index contributed by atoms with van der Waals surface area (Å²) in [6.45, 7) is 4.58. The molecule has 1 N–H and O–H groups in total. The molecule has 1 aromatic rings. The lowest BCUT2D eigenvalue weighted by Gasteiger charge is -2.29. The molecule has 2 rings (SSSR count). The Labute approximate surface area is 125 Å². The van der Waals surface area contributed by atoms with E-state index in [1.807, 2.05) is 13.0 Å². The Morgan fingerprint density at radius 1 is 1.48 bits per heavy atom. The Bertz CT molecular complexity index is 501. The minimum atomic E-state index is -0.0671. The van der Waals surface area contributed by atoms with Crippen molar-refractivity contribution in [2.45, 2.75) is 19.8 Å². The predicted molar refractivity (Wildman–Crippen MR) is 80.2 cm³/mol. The Morgan fingerprint density at radius 2 is 2.29 bits per heavy atom. The number of carbonyl (C=O) groups is 2. The molecule has 1 saturated heterocycles. The van der Waals surface area contributed by atoms with Gasteiger partial charge in [-0.25, -0.2) is 4.79 Å². The number of likely N-dealkylation sites (N-methyl/N-ethyl adjacent to an activating group) is 1. The highest BCUT2D eigenvalue weighted by Gasteiger charge is 2.19. The van der Waals surface area contributed by atoms with Crippen LogP contribution in [0.15, 0.2) is 18.3 Å². The molecule has 1 aliphatic heterocycles. The van der Waals surface area contributed by atoms with E-state index in [2.05, 4.69) is 10.3 Å². The maximum absolute atomic E-state index is 12.3. The summed E-state index contributed by atoms with van der Waals surface area (Å²) < 4.78 is 0. The first-order chi connectivity index (χ1) is 10.1. The van der Waals surface area contributed by atoms with Crippen molar-refractivity contribution in [2.24, 2.45) is 0 Å². The van der Waals surface area contributed by atoms with Gasteiger partial charge in [-0.2, -0.15) is 0 Å². The molecule has 0 saturated carbocycles. The first kappa shape index (κ1) is 15.3. The van der Waals surface area contributed by atoms with Crippen LogP contribution in [-0.4, -0.2) is 59.9 Å². The molecule has 0 aliphatic carbocycles. The van der Waals surface area contributed by atoms with Gasteiger partial charge < -0.3 is 15.1 Å². The van der Waals surface area contributed by atoms with Crippen LogP contribution in [0.25, 0.3) is 0 Å². The highest BCUT2D eigenvalue weighted by atomic mass is 16.2. The van der Waals surface area contributed by atoms with Crippen LogP contribution >= 0.6 is 0 Å². The molecule has 0 aromatic carbocycles. The molecule has 0 radical (unpaired) electrons. The van der Waals surface area contributed by atoms with Gasteiger partial charge in [-0.15, -0.1) is 0 Å². The molecule has 1 aliphatic rings. The van der Waals surface area contributed by atoms with Crippen LogP contribution < -0.4 is 5.32 Å². The van der Waals surface area contributed by atoms with Crippen molar-refractivity contribution in [1.29, 1.82) is 0 Å². The molecule has 0 spiro atoms. The van der Waals surface area contributed by atoms with Crippen molar-refractivity contribution < 1.29 is 9.59 Å². The van der Waals surface area contributed by atoms with Crippen molar-refractivity contribution in [3.05, 3.63) is 29.6 Å². The number of nitrogens with one attached hydrogen (secondary N) is 1. The summed E-state index contributed by atoms with van der Waals surface area (Å²) in [6.07, 6.45) is 3.42. The van der Waals surface area contributed by atoms with E-state index >= 15 is 0 Å². The number of hydrogen-bond donors (Lipinski definition) is 1. The second-order valence-corrected chi connectivity index (χ2v) is 5.19. The zero-order valence-corrected chi connectivity index (χ0v) is 12.6. The number of carbonyl (C=O) groups excluding carboxylic acids is 2. The molecule has 0 unspecified atom stereocenters. The largest absolute Gasteiger partial charge is 0.340 e. The highest BCUT2D eigenvalue weighted by Crippen LogP contribution is 2.05. The van der Waals surface area contributed by atoms with Gasteiger partial charge in [0.1, 0.15) is 0 Å². The number of aryl methyl sites for hydroxylation is 1. The Kier molecular flexibility index (Phi) is 5.14. The fraction of sp³-hybridized carbons (Fsp3) is 0.533. The standard InChI is InChI=1S/C15H22N4O2/c1-3-13-6-5-12(11-17-13)14(20)18(2)9-10-19-8-4-7-16-15(19)21/h5-6,11H,3-4,7-10H2,1-2H3,(H,16,21). The van der Waals surface area contributed by atoms with E-state index < -0.39 is 0 Å². The fourth-order valence-corrected chi connectivity index (χ4v) is 2.24. The van der Waals surface area contributed by atoms with E-state index in [1.165, 1.54) is 0 Å².